The van der Waals surface area contributed by atoms with E-state index in [1.165, 1.54) is 23.0 Å². The van der Waals surface area contributed by atoms with Crippen molar-refractivity contribution in [3.05, 3.63) is 59.1 Å². The number of alkyl halides is 3. The molecule has 4 aromatic rings. The van der Waals surface area contributed by atoms with Crippen molar-refractivity contribution < 1.29 is 22.7 Å². The van der Waals surface area contributed by atoms with Gasteiger partial charge in [0.15, 0.2) is 5.13 Å². The van der Waals surface area contributed by atoms with Gasteiger partial charge in [0.25, 0.3) is 5.56 Å². The fraction of sp³-hybridized carbons (Fsp3) is 0.111. The number of halogens is 3. The molecule has 0 radical (unpaired) electrons. The van der Waals surface area contributed by atoms with Crippen LogP contribution in [0.25, 0.3) is 21.1 Å². The van der Waals surface area contributed by atoms with Gasteiger partial charge >= 0.3 is 6.36 Å². The first-order valence-electron chi connectivity index (χ1n) is 8.19. The number of rotatable bonds is 4. The summed E-state index contributed by atoms with van der Waals surface area (Å²) >= 11 is 0.990. The smallest absolute Gasteiger partial charge is 0.406 e. The van der Waals surface area contributed by atoms with Crippen LogP contribution in [0.5, 0.6) is 5.75 Å². The van der Waals surface area contributed by atoms with E-state index in [1.54, 1.807) is 24.3 Å². The number of carbonyl (C=O) groups excluding carboxylic acids is 1. The molecule has 29 heavy (non-hydrogen) atoms. The SMILES string of the molecule is O=C(Cn1cnc2ccccc2c1=O)Nc1nc2ccc(OC(F)(F)F)cc2s1. The predicted molar refractivity (Wildman–Crippen MR) is 101 cm³/mol. The van der Waals surface area contributed by atoms with Crippen LogP contribution in [0, 0.1) is 0 Å². The minimum Gasteiger partial charge on any atom is -0.406 e. The average Bonchev–Trinajstić information content (AvgIpc) is 3.04. The summed E-state index contributed by atoms with van der Waals surface area (Å²) in [7, 11) is 0. The van der Waals surface area contributed by atoms with E-state index < -0.39 is 12.3 Å². The van der Waals surface area contributed by atoms with Gasteiger partial charge in [-0.05, 0) is 24.3 Å². The Morgan fingerprint density at radius 1 is 1.17 bits per heavy atom. The summed E-state index contributed by atoms with van der Waals surface area (Å²) in [6.07, 6.45) is -3.51. The van der Waals surface area contributed by atoms with Crippen LogP contribution in [-0.2, 0) is 11.3 Å². The number of hydrogen-bond acceptors (Lipinski definition) is 6. The molecule has 2 aromatic carbocycles. The Balaban J connectivity index is 1.52. The largest absolute Gasteiger partial charge is 0.573 e. The Morgan fingerprint density at radius 2 is 1.97 bits per heavy atom. The normalized spacial score (nSPS) is 11.7. The molecule has 0 aliphatic heterocycles. The molecule has 2 heterocycles. The maximum absolute atomic E-state index is 12.4. The number of ether oxygens (including phenoxy) is 1. The van der Waals surface area contributed by atoms with E-state index in [1.807, 2.05) is 0 Å². The van der Waals surface area contributed by atoms with Gasteiger partial charge in [0, 0.05) is 6.07 Å². The van der Waals surface area contributed by atoms with Crippen molar-refractivity contribution in [2.45, 2.75) is 12.9 Å². The minimum absolute atomic E-state index is 0.191. The maximum Gasteiger partial charge on any atom is 0.573 e. The number of aromatic nitrogens is 3. The van der Waals surface area contributed by atoms with E-state index in [2.05, 4.69) is 20.0 Å². The topological polar surface area (TPSA) is 86.1 Å². The Bertz CT molecular complexity index is 1280. The number of carbonyl (C=O) groups is 1. The highest BCUT2D eigenvalue weighted by Crippen LogP contribution is 2.31. The lowest BCUT2D eigenvalue weighted by atomic mass is 10.2. The lowest BCUT2D eigenvalue weighted by Crippen LogP contribution is -2.27. The van der Waals surface area contributed by atoms with Gasteiger partial charge in [-0.25, -0.2) is 9.97 Å². The van der Waals surface area contributed by atoms with Crippen LogP contribution in [0.15, 0.2) is 53.6 Å². The number of thiazole rings is 1. The van der Waals surface area contributed by atoms with Gasteiger partial charge in [0.05, 0.1) is 27.4 Å². The summed E-state index contributed by atoms with van der Waals surface area (Å²) in [5.41, 5.74) is 0.575. The van der Waals surface area contributed by atoms with E-state index in [-0.39, 0.29) is 23.0 Å². The van der Waals surface area contributed by atoms with Crippen LogP contribution in [0.4, 0.5) is 18.3 Å². The fourth-order valence-corrected chi connectivity index (χ4v) is 3.60. The van der Waals surface area contributed by atoms with E-state index in [0.29, 0.717) is 21.1 Å². The van der Waals surface area contributed by atoms with E-state index in [9.17, 15) is 22.8 Å². The van der Waals surface area contributed by atoms with Gasteiger partial charge in [-0.3, -0.25) is 14.2 Å². The summed E-state index contributed by atoms with van der Waals surface area (Å²) in [5.74, 6) is -0.893. The first-order chi connectivity index (χ1) is 13.8. The molecule has 0 aliphatic carbocycles. The number of para-hydroxylation sites is 1. The molecule has 148 valence electrons. The number of benzene rings is 2. The molecule has 0 unspecified atom stereocenters. The molecular formula is C18H11F3N4O3S. The second kappa shape index (κ2) is 7.17. The number of anilines is 1. The number of nitrogens with one attached hydrogen (secondary N) is 1. The van der Waals surface area contributed by atoms with E-state index in [4.69, 9.17) is 0 Å². The highest BCUT2D eigenvalue weighted by Gasteiger charge is 2.31. The number of nitrogens with zero attached hydrogens (tertiary/aromatic N) is 3. The summed E-state index contributed by atoms with van der Waals surface area (Å²) in [6.45, 7) is -0.283. The minimum atomic E-state index is -4.80. The van der Waals surface area contributed by atoms with Gasteiger partial charge in [0.2, 0.25) is 5.91 Å². The molecule has 0 fully saturated rings. The van der Waals surface area contributed by atoms with Crippen molar-refractivity contribution in [2.75, 3.05) is 5.32 Å². The molecule has 4 rings (SSSR count). The van der Waals surface area contributed by atoms with Crippen molar-refractivity contribution >= 4 is 43.5 Å². The highest BCUT2D eigenvalue weighted by molar-refractivity contribution is 7.22. The third-order valence-corrected chi connectivity index (χ3v) is 4.82. The number of hydrogen-bond donors (Lipinski definition) is 1. The number of amides is 1. The van der Waals surface area contributed by atoms with Crippen LogP contribution in [0.1, 0.15) is 0 Å². The Labute approximate surface area is 164 Å². The molecule has 0 spiro atoms. The lowest BCUT2D eigenvalue weighted by Gasteiger charge is -2.07. The van der Waals surface area contributed by atoms with Crippen LogP contribution in [-0.4, -0.2) is 26.8 Å². The second-order valence-electron chi connectivity index (χ2n) is 5.94. The first kappa shape index (κ1) is 18.9. The standard InChI is InChI=1S/C18H11F3N4O3S/c19-18(20,21)28-10-5-6-13-14(7-10)29-17(23-13)24-15(26)8-25-9-22-12-4-2-1-3-11(12)16(25)27/h1-7,9H,8H2,(H,23,24,26). The van der Waals surface area contributed by atoms with Crippen LogP contribution in [0.3, 0.4) is 0 Å². The van der Waals surface area contributed by atoms with Gasteiger partial charge in [-0.1, -0.05) is 23.5 Å². The Morgan fingerprint density at radius 3 is 2.76 bits per heavy atom. The first-order valence-corrected chi connectivity index (χ1v) is 9.00. The zero-order valence-electron chi connectivity index (χ0n) is 14.4. The van der Waals surface area contributed by atoms with Crippen LogP contribution in [0.2, 0.25) is 0 Å². The summed E-state index contributed by atoms with van der Waals surface area (Å²) < 4.78 is 42.4. The third-order valence-electron chi connectivity index (χ3n) is 3.89. The highest BCUT2D eigenvalue weighted by atomic mass is 32.1. The third kappa shape index (κ3) is 4.19. The summed E-state index contributed by atoms with van der Waals surface area (Å²) in [5, 5.41) is 3.12. The molecule has 11 heteroatoms. The van der Waals surface area contributed by atoms with Crippen molar-refractivity contribution in [1.82, 2.24) is 14.5 Å². The quantitative estimate of drug-likeness (QED) is 0.546. The Kier molecular flexibility index (Phi) is 4.66. The van der Waals surface area contributed by atoms with Crippen molar-refractivity contribution in [2.24, 2.45) is 0 Å². The van der Waals surface area contributed by atoms with Crippen molar-refractivity contribution in [3.8, 4) is 5.75 Å². The monoisotopic (exact) mass is 420 g/mol. The van der Waals surface area contributed by atoms with Crippen LogP contribution < -0.4 is 15.6 Å². The molecular weight excluding hydrogens is 409 g/mol. The second-order valence-corrected chi connectivity index (χ2v) is 6.97. The zero-order valence-corrected chi connectivity index (χ0v) is 15.3. The summed E-state index contributed by atoms with van der Waals surface area (Å²) in [4.78, 5) is 33.0. The zero-order chi connectivity index (χ0) is 20.6. The summed E-state index contributed by atoms with van der Waals surface area (Å²) in [6, 6.07) is 10.5. The lowest BCUT2D eigenvalue weighted by molar-refractivity contribution is -0.274. The molecule has 0 saturated heterocycles. The molecule has 0 saturated carbocycles. The Hall–Kier alpha value is -3.47. The molecule has 1 N–H and O–H groups in total. The van der Waals surface area contributed by atoms with Gasteiger partial charge in [0.1, 0.15) is 12.3 Å². The molecule has 1 amide bonds. The number of fused-ring (bicyclic) bond motifs is 2. The van der Waals surface area contributed by atoms with E-state index in [0.717, 1.165) is 17.4 Å². The fourth-order valence-electron chi connectivity index (χ4n) is 2.69. The molecule has 0 aliphatic rings. The maximum atomic E-state index is 12.4. The van der Waals surface area contributed by atoms with Crippen LogP contribution >= 0.6 is 11.3 Å². The van der Waals surface area contributed by atoms with Gasteiger partial charge < -0.3 is 10.1 Å². The van der Waals surface area contributed by atoms with Crippen molar-refractivity contribution in [3.63, 3.8) is 0 Å². The molecule has 0 atom stereocenters. The van der Waals surface area contributed by atoms with Gasteiger partial charge in [-0.15, -0.1) is 13.2 Å². The molecule has 0 bridgehead atoms. The van der Waals surface area contributed by atoms with Crippen molar-refractivity contribution in [1.29, 1.82) is 0 Å². The predicted octanol–water partition coefficient (Wildman–Crippen LogP) is 3.54. The molecule has 7 nitrogen and oxygen atoms in total. The average molecular weight is 420 g/mol. The van der Waals surface area contributed by atoms with Gasteiger partial charge in [-0.2, -0.15) is 0 Å². The molecule has 2 aromatic heterocycles. The van der Waals surface area contributed by atoms with E-state index >= 15 is 0 Å².